The lowest BCUT2D eigenvalue weighted by atomic mass is 10.3. The molecule has 0 spiro atoms. The Morgan fingerprint density at radius 3 is 2.59 bits per heavy atom. The highest BCUT2D eigenvalue weighted by molar-refractivity contribution is 7.80. The maximum absolute atomic E-state index is 11.6. The van der Waals surface area contributed by atoms with Crippen LogP contribution >= 0.6 is 12.2 Å². The van der Waals surface area contributed by atoms with E-state index in [1.807, 2.05) is 11.9 Å². The average molecular weight is 257 g/mol. The van der Waals surface area contributed by atoms with Crippen molar-refractivity contribution in [2.24, 2.45) is 0 Å². The van der Waals surface area contributed by atoms with Crippen LogP contribution in [0.25, 0.3) is 0 Å². The van der Waals surface area contributed by atoms with Gasteiger partial charge in [-0.05, 0) is 18.6 Å². The molecular weight excluding hydrogens is 238 g/mol. The topological polar surface area (TPSA) is 36.0 Å². The quantitative estimate of drug-likeness (QED) is 0.650. The summed E-state index contributed by atoms with van der Waals surface area (Å²) in [7, 11) is 1.86. The lowest BCUT2D eigenvalue weighted by Crippen LogP contribution is -2.39. The van der Waals surface area contributed by atoms with E-state index in [-0.39, 0.29) is 5.91 Å². The summed E-state index contributed by atoms with van der Waals surface area (Å²) in [6.45, 7) is 5.82. The lowest BCUT2D eigenvalue weighted by Gasteiger charge is -2.27. The van der Waals surface area contributed by atoms with Gasteiger partial charge in [0.05, 0.1) is 19.8 Å². The summed E-state index contributed by atoms with van der Waals surface area (Å²) in [6.07, 6.45) is 0.972. The molecule has 2 fully saturated rings. The van der Waals surface area contributed by atoms with E-state index in [2.05, 4.69) is 4.90 Å². The van der Waals surface area contributed by atoms with Gasteiger partial charge in [-0.15, -0.1) is 0 Å². The molecular formula is C11H19N3O2S. The van der Waals surface area contributed by atoms with Crippen molar-refractivity contribution < 1.29 is 9.53 Å². The first-order valence-corrected chi connectivity index (χ1v) is 6.45. The highest BCUT2D eigenvalue weighted by atomic mass is 32.1. The molecule has 6 heteroatoms. The number of hydrogen-bond acceptors (Lipinski definition) is 4. The Balaban J connectivity index is 1.71. The molecule has 0 saturated carbocycles. The second kappa shape index (κ2) is 5.75. The predicted molar refractivity (Wildman–Crippen MR) is 68.8 cm³/mol. The van der Waals surface area contributed by atoms with Crippen molar-refractivity contribution in [1.82, 2.24) is 14.7 Å². The number of carbonyl (C=O) groups excluding carboxylic acids is 1. The molecule has 2 rings (SSSR count). The largest absolute Gasteiger partial charge is 0.379 e. The Hall–Kier alpha value is -0.720. The number of ether oxygens (including phenoxy) is 1. The summed E-state index contributed by atoms with van der Waals surface area (Å²) < 4.78 is 5.29. The van der Waals surface area contributed by atoms with E-state index in [1.54, 1.807) is 4.90 Å². The number of hydrogen-bond donors (Lipinski definition) is 0. The first kappa shape index (κ1) is 12.7. The molecule has 2 aliphatic heterocycles. The highest BCUT2D eigenvalue weighted by Crippen LogP contribution is 2.09. The van der Waals surface area contributed by atoms with Crippen molar-refractivity contribution in [1.29, 1.82) is 0 Å². The minimum absolute atomic E-state index is 0.125. The molecule has 0 aromatic heterocycles. The van der Waals surface area contributed by atoms with Gasteiger partial charge in [0.2, 0.25) is 5.91 Å². The van der Waals surface area contributed by atoms with E-state index < -0.39 is 0 Å². The maximum atomic E-state index is 11.6. The number of amides is 1. The standard InChI is InChI=1S/C11H19N3O2S/c1-12-9-10(15)14(11(12)17)4-2-3-13-5-7-16-8-6-13/h2-9H2,1H3. The number of nitrogens with zero attached hydrogens (tertiary/aromatic N) is 3. The van der Waals surface area contributed by atoms with Crippen LogP contribution in [0, 0.1) is 0 Å². The fraction of sp³-hybridized carbons (Fsp3) is 0.818. The molecule has 96 valence electrons. The number of rotatable bonds is 4. The van der Waals surface area contributed by atoms with E-state index in [0.29, 0.717) is 11.7 Å². The Morgan fingerprint density at radius 1 is 1.29 bits per heavy atom. The first-order chi connectivity index (χ1) is 8.18. The molecule has 0 aromatic carbocycles. The molecule has 0 unspecified atom stereocenters. The molecule has 0 atom stereocenters. The number of carbonyl (C=O) groups is 1. The van der Waals surface area contributed by atoms with E-state index in [4.69, 9.17) is 17.0 Å². The summed E-state index contributed by atoms with van der Waals surface area (Å²) >= 11 is 5.21. The van der Waals surface area contributed by atoms with Crippen LogP contribution in [-0.2, 0) is 9.53 Å². The molecule has 2 aliphatic rings. The molecule has 17 heavy (non-hydrogen) atoms. The monoisotopic (exact) mass is 257 g/mol. The Labute approximate surface area is 107 Å². The van der Waals surface area contributed by atoms with Crippen LogP contribution < -0.4 is 0 Å². The van der Waals surface area contributed by atoms with Gasteiger partial charge in [-0.25, -0.2) is 0 Å². The average Bonchev–Trinajstić information content (AvgIpc) is 2.57. The molecule has 0 radical (unpaired) electrons. The highest BCUT2D eigenvalue weighted by Gasteiger charge is 2.29. The minimum atomic E-state index is 0.125. The fourth-order valence-electron chi connectivity index (χ4n) is 2.17. The molecule has 0 aliphatic carbocycles. The Bertz CT molecular complexity index is 305. The lowest BCUT2D eigenvalue weighted by molar-refractivity contribution is -0.125. The van der Waals surface area contributed by atoms with Crippen molar-refractivity contribution in [2.45, 2.75) is 6.42 Å². The van der Waals surface area contributed by atoms with E-state index in [9.17, 15) is 4.79 Å². The van der Waals surface area contributed by atoms with Crippen molar-refractivity contribution in [2.75, 3.05) is 53.0 Å². The molecule has 0 bridgehead atoms. The van der Waals surface area contributed by atoms with Crippen LogP contribution in [0.3, 0.4) is 0 Å². The number of morpholine rings is 1. The Kier molecular flexibility index (Phi) is 4.31. The molecule has 1 amide bonds. The number of thiocarbonyl (C=S) groups is 1. The zero-order valence-electron chi connectivity index (χ0n) is 10.2. The normalized spacial score (nSPS) is 22.6. The van der Waals surface area contributed by atoms with Crippen molar-refractivity contribution in [3.8, 4) is 0 Å². The van der Waals surface area contributed by atoms with Gasteiger partial charge < -0.3 is 9.64 Å². The van der Waals surface area contributed by atoms with Crippen LogP contribution in [0.2, 0.25) is 0 Å². The van der Waals surface area contributed by atoms with Crippen molar-refractivity contribution >= 4 is 23.2 Å². The fourth-order valence-corrected chi connectivity index (χ4v) is 2.42. The second-order valence-corrected chi connectivity index (χ2v) is 4.86. The first-order valence-electron chi connectivity index (χ1n) is 6.04. The third-order valence-corrected chi connectivity index (χ3v) is 3.72. The summed E-state index contributed by atoms with van der Waals surface area (Å²) in [4.78, 5) is 17.6. The number of likely N-dealkylation sites (N-methyl/N-ethyl adjacent to an activating group) is 1. The van der Waals surface area contributed by atoms with Gasteiger partial charge in [-0.1, -0.05) is 0 Å². The molecule has 2 saturated heterocycles. The molecule has 5 nitrogen and oxygen atoms in total. The summed E-state index contributed by atoms with van der Waals surface area (Å²) in [5.74, 6) is 0.125. The molecule has 0 N–H and O–H groups in total. The van der Waals surface area contributed by atoms with Gasteiger partial charge in [0.25, 0.3) is 0 Å². The van der Waals surface area contributed by atoms with Crippen molar-refractivity contribution in [3.63, 3.8) is 0 Å². The van der Waals surface area contributed by atoms with Crippen LogP contribution in [0.4, 0.5) is 0 Å². The van der Waals surface area contributed by atoms with Gasteiger partial charge in [0.1, 0.15) is 0 Å². The Morgan fingerprint density at radius 2 is 2.00 bits per heavy atom. The molecule has 0 aromatic rings. The van der Waals surface area contributed by atoms with Crippen LogP contribution in [0.15, 0.2) is 0 Å². The van der Waals surface area contributed by atoms with Crippen LogP contribution in [0.1, 0.15) is 6.42 Å². The van der Waals surface area contributed by atoms with Gasteiger partial charge in [0.15, 0.2) is 5.11 Å². The van der Waals surface area contributed by atoms with E-state index in [0.717, 1.165) is 45.8 Å². The third-order valence-electron chi connectivity index (χ3n) is 3.19. The SMILES string of the molecule is CN1CC(=O)N(CCCN2CCOCC2)C1=S. The van der Waals surface area contributed by atoms with E-state index >= 15 is 0 Å². The summed E-state index contributed by atoms with van der Waals surface area (Å²) in [6, 6.07) is 0. The van der Waals surface area contributed by atoms with Gasteiger partial charge in [0, 0.05) is 33.2 Å². The summed E-state index contributed by atoms with van der Waals surface area (Å²) in [5.41, 5.74) is 0. The summed E-state index contributed by atoms with van der Waals surface area (Å²) in [5, 5.41) is 0.664. The maximum Gasteiger partial charge on any atom is 0.248 e. The van der Waals surface area contributed by atoms with Crippen LogP contribution in [0.5, 0.6) is 0 Å². The van der Waals surface area contributed by atoms with Crippen LogP contribution in [-0.4, -0.2) is 78.7 Å². The molecule has 2 heterocycles. The van der Waals surface area contributed by atoms with Gasteiger partial charge >= 0.3 is 0 Å². The van der Waals surface area contributed by atoms with Gasteiger partial charge in [-0.2, -0.15) is 0 Å². The van der Waals surface area contributed by atoms with Gasteiger partial charge in [-0.3, -0.25) is 14.6 Å². The second-order valence-electron chi connectivity index (χ2n) is 4.49. The predicted octanol–water partition coefficient (Wildman–Crippen LogP) is -0.232. The smallest absolute Gasteiger partial charge is 0.248 e. The van der Waals surface area contributed by atoms with Crippen molar-refractivity contribution in [3.05, 3.63) is 0 Å². The van der Waals surface area contributed by atoms with E-state index in [1.165, 1.54) is 0 Å². The third kappa shape index (κ3) is 3.14. The zero-order valence-corrected chi connectivity index (χ0v) is 11.0. The minimum Gasteiger partial charge on any atom is -0.379 e. The zero-order chi connectivity index (χ0) is 12.3.